The highest BCUT2D eigenvalue weighted by Gasteiger charge is 2.38. The van der Waals surface area contributed by atoms with E-state index < -0.39 is 42.5 Å². The summed E-state index contributed by atoms with van der Waals surface area (Å²) in [5.41, 5.74) is 6.75. The topological polar surface area (TPSA) is 171 Å². The van der Waals surface area contributed by atoms with Crippen molar-refractivity contribution in [1.82, 2.24) is 25.5 Å². The molecule has 0 saturated carbocycles. The van der Waals surface area contributed by atoms with E-state index in [2.05, 4.69) is 20.6 Å². The molecule has 11 nitrogen and oxygen atoms in total. The minimum absolute atomic E-state index is 0.263. The Morgan fingerprint density at radius 2 is 2.10 bits per heavy atom. The number of H-pyrrole nitrogens is 1. The first kappa shape index (κ1) is 22.3. The normalized spacial score (nSPS) is 18.3. The van der Waals surface area contributed by atoms with Crippen LogP contribution in [0.15, 0.2) is 12.5 Å². The van der Waals surface area contributed by atoms with Crippen LogP contribution in [-0.4, -0.2) is 74.9 Å². The van der Waals surface area contributed by atoms with Gasteiger partial charge < -0.3 is 31.4 Å². The molecular weight excluding hydrogens is 380 g/mol. The fourth-order valence-electron chi connectivity index (χ4n) is 3.29. The number of rotatable bonds is 9. The first-order valence-electron chi connectivity index (χ1n) is 9.54. The van der Waals surface area contributed by atoms with Gasteiger partial charge in [0.2, 0.25) is 17.7 Å². The number of hydrogen-bond acceptors (Lipinski definition) is 6. The number of nitrogens with two attached hydrogens (primary N) is 1. The summed E-state index contributed by atoms with van der Waals surface area (Å²) in [5.74, 6) is -2.81. The molecule has 1 fully saturated rings. The lowest BCUT2D eigenvalue weighted by Crippen LogP contribution is -2.57. The third-order valence-corrected chi connectivity index (χ3v) is 4.81. The van der Waals surface area contributed by atoms with Gasteiger partial charge in [0.25, 0.3) is 0 Å². The fourth-order valence-corrected chi connectivity index (χ4v) is 3.29. The van der Waals surface area contributed by atoms with Crippen LogP contribution in [0.4, 0.5) is 0 Å². The molecule has 160 valence electrons. The second kappa shape index (κ2) is 10.0. The lowest BCUT2D eigenvalue weighted by Gasteiger charge is -2.29. The highest BCUT2D eigenvalue weighted by molar-refractivity contribution is 5.94. The van der Waals surface area contributed by atoms with E-state index in [-0.39, 0.29) is 18.2 Å². The average Bonchev–Trinajstić information content (AvgIpc) is 3.34. The molecule has 1 saturated heterocycles. The summed E-state index contributed by atoms with van der Waals surface area (Å²) in [5, 5.41) is 13.6. The molecule has 29 heavy (non-hydrogen) atoms. The molecule has 1 aliphatic heterocycles. The van der Waals surface area contributed by atoms with Crippen molar-refractivity contribution in [3.8, 4) is 0 Å². The Hall–Kier alpha value is -2.95. The molecular formula is C18H28N6O5. The molecule has 0 radical (unpaired) electrons. The Labute approximate surface area is 168 Å². The molecule has 0 aromatic carbocycles. The van der Waals surface area contributed by atoms with E-state index in [9.17, 15) is 19.2 Å². The molecule has 3 amide bonds. The van der Waals surface area contributed by atoms with Gasteiger partial charge in [0.15, 0.2) is 0 Å². The van der Waals surface area contributed by atoms with Crippen LogP contribution < -0.4 is 16.4 Å². The zero-order valence-electron chi connectivity index (χ0n) is 16.6. The van der Waals surface area contributed by atoms with Crippen molar-refractivity contribution >= 4 is 23.7 Å². The second-order valence-electron chi connectivity index (χ2n) is 7.42. The molecule has 3 atom stereocenters. The van der Waals surface area contributed by atoms with Crippen LogP contribution in [0.3, 0.4) is 0 Å². The van der Waals surface area contributed by atoms with Gasteiger partial charge in [0, 0.05) is 24.9 Å². The number of carbonyl (C=O) groups is 4. The number of aromatic nitrogens is 2. The summed E-state index contributed by atoms with van der Waals surface area (Å²) >= 11 is 0. The Kier molecular flexibility index (Phi) is 7.71. The SMILES string of the molecule is CC(C)C(NC(=O)C1CCCN1C(=O)C(N)Cc1cnc[nH]1)C(=O)NCC(=O)O. The summed E-state index contributed by atoms with van der Waals surface area (Å²) in [6.07, 6.45) is 4.48. The number of carboxylic acids is 1. The summed E-state index contributed by atoms with van der Waals surface area (Å²) in [6.45, 7) is 3.35. The number of aromatic amines is 1. The van der Waals surface area contributed by atoms with Gasteiger partial charge in [0.1, 0.15) is 18.6 Å². The van der Waals surface area contributed by atoms with Crippen molar-refractivity contribution in [3.05, 3.63) is 18.2 Å². The smallest absolute Gasteiger partial charge is 0.322 e. The molecule has 2 heterocycles. The van der Waals surface area contributed by atoms with Crippen LogP contribution >= 0.6 is 0 Å². The van der Waals surface area contributed by atoms with Gasteiger partial charge in [-0.05, 0) is 18.8 Å². The van der Waals surface area contributed by atoms with Gasteiger partial charge >= 0.3 is 5.97 Å². The monoisotopic (exact) mass is 408 g/mol. The summed E-state index contributed by atoms with van der Waals surface area (Å²) < 4.78 is 0. The zero-order chi connectivity index (χ0) is 21.6. The van der Waals surface area contributed by atoms with E-state index in [1.54, 1.807) is 20.0 Å². The third kappa shape index (κ3) is 6.01. The van der Waals surface area contributed by atoms with Gasteiger partial charge in [-0.2, -0.15) is 0 Å². The van der Waals surface area contributed by atoms with E-state index in [0.29, 0.717) is 19.4 Å². The number of amides is 3. The van der Waals surface area contributed by atoms with E-state index >= 15 is 0 Å². The lowest BCUT2D eigenvalue weighted by molar-refractivity contribution is -0.141. The molecule has 0 aliphatic carbocycles. The number of imidazole rings is 1. The molecule has 0 spiro atoms. The number of hydrogen-bond donors (Lipinski definition) is 5. The molecule has 2 rings (SSSR count). The van der Waals surface area contributed by atoms with E-state index in [1.165, 1.54) is 11.2 Å². The number of nitrogens with zero attached hydrogens (tertiary/aromatic N) is 2. The lowest BCUT2D eigenvalue weighted by atomic mass is 10.0. The van der Waals surface area contributed by atoms with Gasteiger partial charge in [-0.3, -0.25) is 19.2 Å². The molecule has 6 N–H and O–H groups in total. The number of nitrogens with one attached hydrogen (secondary N) is 3. The van der Waals surface area contributed by atoms with Gasteiger partial charge in [0.05, 0.1) is 12.4 Å². The summed E-state index contributed by atoms with van der Waals surface area (Å²) in [6, 6.07) is -2.44. The van der Waals surface area contributed by atoms with Gasteiger partial charge in [-0.25, -0.2) is 4.98 Å². The second-order valence-corrected chi connectivity index (χ2v) is 7.42. The highest BCUT2D eigenvalue weighted by Crippen LogP contribution is 2.19. The van der Waals surface area contributed by atoms with Crippen LogP contribution in [0.2, 0.25) is 0 Å². The Balaban J connectivity index is 2.00. The van der Waals surface area contributed by atoms with E-state index in [4.69, 9.17) is 10.8 Å². The first-order chi connectivity index (χ1) is 13.7. The number of carbonyl (C=O) groups excluding carboxylic acids is 3. The number of carboxylic acid groups (broad SMARTS) is 1. The zero-order valence-corrected chi connectivity index (χ0v) is 16.6. The van der Waals surface area contributed by atoms with Crippen LogP contribution in [0, 0.1) is 5.92 Å². The van der Waals surface area contributed by atoms with Crippen LogP contribution in [-0.2, 0) is 25.6 Å². The molecule has 3 unspecified atom stereocenters. The molecule has 0 bridgehead atoms. The Bertz CT molecular complexity index is 735. The maximum absolute atomic E-state index is 12.8. The van der Waals surface area contributed by atoms with Gasteiger partial charge in [-0.15, -0.1) is 0 Å². The minimum Gasteiger partial charge on any atom is -0.480 e. The third-order valence-electron chi connectivity index (χ3n) is 4.81. The number of likely N-dealkylation sites (tertiary alicyclic amines) is 1. The van der Waals surface area contributed by atoms with Crippen molar-refractivity contribution in [1.29, 1.82) is 0 Å². The van der Waals surface area contributed by atoms with Crippen LogP contribution in [0.5, 0.6) is 0 Å². The summed E-state index contributed by atoms with van der Waals surface area (Å²) in [4.78, 5) is 56.7. The largest absolute Gasteiger partial charge is 0.480 e. The average molecular weight is 408 g/mol. The maximum Gasteiger partial charge on any atom is 0.322 e. The van der Waals surface area contributed by atoms with Crippen molar-refractivity contribution in [2.75, 3.05) is 13.1 Å². The van der Waals surface area contributed by atoms with E-state index in [1.807, 2.05) is 0 Å². The maximum atomic E-state index is 12.8. The fraction of sp³-hybridized carbons (Fsp3) is 0.611. The predicted molar refractivity (Wildman–Crippen MR) is 102 cm³/mol. The van der Waals surface area contributed by atoms with Crippen LogP contribution in [0.1, 0.15) is 32.4 Å². The highest BCUT2D eigenvalue weighted by atomic mass is 16.4. The van der Waals surface area contributed by atoms with Crippen molar-refractivity contribution in [3.63, 3.8) is 0 Å². The molecule has 11 heteroatoms. The first-order valence-corrected chi connectivity index (χ1v) is 9.54. The molecule has 1 aromatic heterocycles. The van der Waals surface area contributed by atoms with Crippen molar-refractivity contribution in [2.45, 2.75) is 51.2 Å². The van der Waals surface area contributed by atoms with Crippen molar-refractivity contribution < 1.29 is 24.3 Å². The summed E-state index contributed by atoms with van der Waals surface area (Å²) in [7, 11) is 0. The van der Waals surface area contributed by atoms with Crippen LogP contribution in [0.25, 0.3) is 0 Å². The number of aliphatic carboxylic acids is 1. The van der Waals surface area contributed by atoms with Crippen molar-refractivity contribution in [2.24, 2.45) is 11.7 Å². The molecule has 1 aliphatic rings. The minimum atomic E-state index is -1.17. The van der Waals surface area contributed by atoms with Gasteiger partial charge in [-0.1, -0.05) is 13.8 Å². The quantitative estimate of drug-likeness (QED) is 0.335. The Morgan fingerprint density at radius 3 is 2.69 bits per heavy atom. The predicted octanol–water partition coefficient (Wildman–Crippen LogP) is -1.39. The van der Waals surface area contributed by atoms with E-state index in [0.717, 1.165) is 5.69 Å². The Morgan fingerprint density at radius 1 is 1.38 bits per heavy atom. The molecule has 1 aromatic rings. The standard InChI is InChI=1S/C18H28N6O5/c1-10(2)15(17(28)21-8-14(25)26)23-16(27)13-4-3-5-24(13)18(29)12(19)6-11-7-20-9-22-11/h7,9-10,12-13,15H,3-6,8,19H2,1-2H3,(H,20,22)(H,21,28)(H,23,27)(H,25,26).